The largest absolute Gasteiger partial charge is 0.348 e. The van der Waals surface area contributed by atoms with Crippen LogP contribution in [0.2, 0.25) is 5.02 Å². The molecule has 61 valence electrons. The highest BCUT2D eigenvalue weighted by Crippen LogP contribution is 2.37. The summed E-state index contributed by atoms with van der Waals surface area (Å²) >= 11 is 5.88. The summed E-state index contributed by atoms with van der Waals surface area (Å²) < 4.78 is 0. The van der Waals surface area contributed by atoms with Gasteiger partial charge in [0.1, 0.15) is 0 Å². The molecule has 2 rings (SSSR count). The third kappa shape index (κ3) is 0.865. The standard InChI is InChI=1S/C8H6ClN2O/c1-11-7-5(9)3-2-4-6(7)10-8(11)12/h2-4H,1H3. The van der Waals surface area contributed by atoms with Crippen molar-refractivity contribution >= 4 is 29.0 Å². The number of fused-ring (bicyclic) bond motifs is 1. The zero-order valence-corrected chi connectivity index (χ0v) is 7.17. The summed E-state index contributed by atoms with van der Waals surface area (Å²) in [7, 11) is 1.66. The van der Waals surface area contributed by atoms with Crippen LogP contribution in [0.1, 0.15) is 0 Å². The maximum Gasteiger partial charge on any atom is 0.348 e. The molecule has 1 heterocycles. The van der Waals surface area contributed by atoms with E-state index in [1.54, 1.807) is 25.2 Å². The van der Waals surface area contributed by atoms with Crippen molar-refractivity contribution < 1.29 is 4.79 Å². The van der Waals surface area contributed by atoms with E-state index in [4.69, 9.17) is 11.6 Å². The lowest BCUT2D eigenvalue weighted by Crippen LogP contribution is -2.22. The Morgan fingerprint density at radius 2 is 2.25 bits per heavy atom. The van der Waals surface area contributed by atoms with Crippen LogP contribution in [0.15, 0.2) is 18.2 Å². The van der Waals surface area contributed by atoms with Gasteiger partial charge in [-0.15, -0.1) is 0 Å². The Bertz CT molecular complexity index is 351. The SMILES string of the molecule is CN1C(=O)[N]c2cccc(Cl)c21. The van der Waals surface area contributed by atoms with Gasteiger partial charge in [-0.2, -0.15) is 5.32 Å². The first-order valence-corrected chi connectivity index (χ1v) is 3.86. The van der Waals surface area contributed by atoms with E-state index in [-0.39, 0.29) is 6.03 Å². The number of amides is 2. The predicted molar refractivity (Wildman–Crippen MR) is 47.0 cm³/mol. The number of benzene rings is 1. The molecule has 1 aromatic rings. The lowest BCUT2D eigenvalue weighted by atomic mass is 10.3. The van der Waals surface area contributed by atoms with Crippen LogP contribution in [0.4, 0.5) is 16.2 Å². The molecule has 0 fully saturated rings. The molecule has 0 aliphatic carbocycles. The molecule has 12 heavy (non-hydrogen) atoms. The van der Waals surface area contributed by atoms with E-state index in [9.17, 15) is 4.79 Å². The number of halogens is 1. The number of carbonyl (C=O) groups is 1. The van der Waals surface area contributed by atoms with Gasteiger partial charge in [0.25, 0.3) is 0 Å². The van der Waals surface area contributed by atoms with Gasteiger partial charge in [-0.25, -0.2) is 4.79 Å². The maximum absolute atomic E-state index is 11.1. The second kappa shape index (κ2) is 2.38. The summed E-state index contributed by atoms with van der Waals surface area (Å²) in [5.41, 5.74) is 1.35. The van der Waals surface area contributed by atoms with Gasteiger partial charge in [-0.05, 0) is 12.1 Å². The van der Waals surface area contributed by atoms with Crippen LogP contribution >= 0.6 is 11.6 Å². The Morgan fingerprint density at radius 1 is 1.50 bits per heavy atom. The minimum Gasteiger partial charge on any atom is -0.292 e. The fourth-order valence-corrected chi connectivity index (χ4v) is 1.50. The fraction of sp³-hybridized carbons (Fsp3) is 0.125. The van der Waals surface area contributed by atoms with Crippen molar-refractivity contribution in [3.05, 3.63) is 23.2 Å². The monoisotopic (exact) mass is 181 g/mol. The molecule has 0 atom stereocenters. The first kappa shape index (κ1) is 7.43. The van der Waals surface area contributed by atoms with Crippen LogP contribution < -0.4 is 10.2 Å². The van der Waals surface area contributed by atoms with Crippen molar-refractivity contribution in [1.82, 2.24) is 5.32 Å². The molecule has 0 aromatic heterocycles. The van der Waals surface area contributed by atoms with E-state index in [1.165, 1.54) is 4.90 Å². The van der Waals surface area contributed by atoms with Crippen LogP contribution in [-0.2, 0) is 0 Å². The minimum absolute atomic E-state index is 0.266. The van der Waals surface area contributed by atoms with E-state index in [1.807, 2.05) is 0 Å². The van der Waals surface area contributed by atoms with Crippen LogP contribution in [0.25, 0.3) is 0 Å². The summed E-state index contributed by atoms with van der Waals surface area (Å²) in [6.07, 6.45) is 0. The van der Waals surface area contributed by atoms with E-state index in [0.717, 1.165) is 0 Å². The number of hydrogen-bond donors (Lipinski definition) is 0. The molecule has 0 saturated carbocycles. The fourth-order valence-electron chi connectivity index (χ4n) is 1.20. The van der Waals surface area contributed by atoms with Crippen LogP contribution in [0.3, 0.4) is 0 Å². The van der Waals surface area contributed by atoms with Gasteiger partial charge in [0.15, 0.2) is 0 Å². The van der Waals surface area contributed by atoms with E-state index < -0.39 is 0 Å². The highest BCUT2D eigenvalue weighted by molar-refractivity contribution is 6.35. The Labute approximate surface area is 74.9 Å². The number of urea groups is 1. The van der Waals surface area contributed by atoms with E-state index in [2.05, 4.69) is 5.32 Å². The molecule has 0 spiro atoms. The minimum atomic E-state index is -0.266. The van der Waals surface area contributed by atoms with Crippen molar-refractivity contribution in [2.24, 2.45) is 0 Å². The molecule has 1 aliphatic rings. The third-order valence-electron chi connectivity index (χ3n) is 1.80. The van der Waals surface area contributed by atoms with Crippen LogP contribution in [-0.4, -0.2) is 13.1 Å². The van der Waals surface area contributed by atoms with Crippen molar-refractivity contribution in [2.45, 2.75) is 0 Å². The zero-order valence-electron chi connectivity index (χ0n) is 6.41. The third-order valence-corrected chi connectivity index (χ3v) is 2.11. The first-order chi connectivity index (χ1) is 5.70. The number of anilines is 1. The van der Waals surface area contributed by atoms with Gasteiger partial charge in [-0.1, -0.05) is 17.7 Å². The average molecular weight is 182 g/mol. The van der Waals surface area contributed by atoms with Gasteiger partial charge >= 0.3 is 6.03 Å². The molecule has 1 aromatic carbocycles. The van der Waals surface area contributed by atoms with Crippen molar-refractivity contribution in [3.63, 3.8) is 0 Å². The number of nitrogens with zero attached hydrogens (tertiary/aromatic N) is 2. The molecule has 0 N–H and O–H groups in total. The normalized spacial score (nSPS) is 14.5. The van der Waals surface area contributed by atoms with Gasteiger partial charge in [0.2, 0.25) is 0 Å². The Hall–Kier alpha value is -1.22. The molecule has 0 unspecified atom stereocenters. The molecule has 0 saturated heterocycles. The summed E-state index contributed by atoms with van der Waals surface area (Å²) in [6.45, 7) is 0. The molecule has 1 radical (unpaired) electrons. The summed E-state index contributed by atoms with van der Waals surface area (Å²) in [5.74, 6) is 0. The van der Waals surface area contributed by atoms with Crippen molar-refractivity contribution in [1.29, 1.82) is 0 Å². The molecule has 4 heteroatoms. The van der Waals surface area contributed by atoms with Crippen LogP contribution in [0.5, 0.6) is 0 Å². The average Bonchev–Trinajstić information content (AvgIpc) is 2.29. The molecule has 1 aliphatic heterocycles. The smallest absolute Gasteiger partial charge is 0.292 e. The quantitative estimate of drug-likeness (QED) is 0.604. The van der Waals surface area contributed by atoms with Gasteiger partial charge < -0.3 is 0 Å². The second-order valence-corrected chi connectivity index (χ2v) is 2.97. The number of para-hydroxylation sites is 1. The van der Waals surface area contributed by atoms with E-state index in [0.29, 0.717) is 16.4 Å². The Balaban J connectivity index is 2.62. The molecule has 2 amide bonds. The molecular formula is C8H6ClN2O. The molecule has 0 bridgehead atoms. The van der Waals surface area contributed by atoms with Gasteiger partial charge in [0, 0.05) is 7.05 Å². The lowest BCUT2D eigenvalue weighted by Gasteiger charge is -2.07. The van der Waals surface area contributed by atoms with Gasteiger partial charge in [0.05, 0.1) is 16.4 Å². The van der Waals surface area contributed by atoms with Crippen molar-refractivity contribution in [2.75, 3.05) is 11.9 Å². The summed E-state index contributed by atoms with van der Waals surface area (Å²) in [6, 6.07) is 5.02. The van der Waals surface area contributed by atoms with E-state index >= 15 is 0 Å². The summed E-state index contributed by atoms with van der Waals surface area (Å²) in [5, 5.41) is 4.36. The molecular weight excluding hydrogens is 176 g/mol. The summed E-state index contributed by atoms with van der Waals surface area (Å²) in [4.78, 5) is 12.5. The number of carbonyl (C=O) groups excluding carboxylic acids is 1. The molecule has 3 nitrogen and oxygen atoms in total. The second-order valence-electron chi connectivity index (χ2n) is 2.56. The first-order valence-electron chi connectivity index (χ1n) is 3.48. The highest BCUT2D eigenvalue weighted by atomic mass is 35.5. The zero-order chi connectivity index (χ0) is 8.72. The Morgan fingerprint density at radius 3 is 2.92 bits per heavy atom. The Kier molecular flexibility index (Phi) is 1.48. The number of rotatable bonds is 0. The topological polar surface area (TPSA) is 34.4 Å². The van der Waals surface area contributed by atoms with Crippen LogP contribution in [0, 0.1) is 0 Å². The number of hydrogen-bond acceptors (Lipinski definition) is 1. The van der Waals surface area contributed by atoms with Gasteiger partial charge in [-0.3, -0.25) is 4.90 Å². The highest BCUT2D eigenvalue weighted by Gasteiger charge is 2.27. The van der Waals surface area contributed by atoms with Crippen molar-refractivity contribution in [3.8, 4) is 0 Å². The predicted octanol–water partition coefficient (Wildman–Crippen LogP) is 2.15. The lowest BCUT2D eigenvalue weighted by molar-refractivity contribution is 0.252. The maximum atomic E-state index is 11.1.